The Kier molecular flexibility index (Phi) is 5.07. The molecule has 0 bridgehead atoms. The molecule has 1 unspecified atom stereocenters. The molecule has 0 saturated carbocycles. The van der Waals surface area contributed by atoms with Crippen LogP contribution in [0.5, 0.6) is 0 Å². The van der Waals surface area contributed by atoms with E-state index in [9.17, 15) is 19.5 Å². The minimum atomic E-state index is -2.39. The Bertz CT molecular complexity index is 890. The van der Waals surface area contributed by atoms with Gasteiger partial charge in [-0.05, 0) is 30.3 Å². The molecule has 2 N–H and O–H groups in total. The zero-order chi connectivity index (χ0) is 23.9. The van der Waals surface area contributed by atoms with Gasteiger partial charge >= 0.3 is 0 Å². The summed E-state index contributed by atoms with van der Waals surface area (Å²) < 4.78 is 34.4. The second-order valence-electron chi connectivity index (χ2n) is 7.24. The average molecular weight is 379 g/mol. The lowest BCUT2D eigenvalue weighted by atomic mass is 9.94. The molecule has 1 aliphatic heterocycles. The van der Waals surface area contributed by atoms with Crippen LogP contribution in [0.2, 0.25) is 0 Å². The molecule has 4 atom stereocenters. The van der Waals surface area contributed by atoms with E-state index < -0.39 is 48.0 Å². The summed E-state index contributed by atoms with van der Waals surface area (Å²) in [6.45, 7) is 6.04. The molecule has 0 fully saturated rings. The van der Waals surface area contributed by atoms with E-state index in [0.717, 1.165) is 4.90 Å². The average Bonchev–Trinajstić information content (AvgIpc) is 2.73. The highest BCUT2D eigenvalue weighted by molar-refractivity contribution is 5.93. The van der Waals surface area contributed by atoms with Crippen LogP contribution in [-0.2, 0) is 20.8 Å². The molecule has 0 radical (unpaired) electrons. The standard InChI is InChI=1S/C21H30N2O4/c1-12(2)19(25)17(24)10-13(3)20(26)22-18-16-9-7-6-8-15(16)11-14(4)23(5)21(18)27/h6-9,12-14,18-19,25H,10-11H2,1-5H3,(H,22,26)/t13-,14?,18+,19+/m1/s1/i11D2,14D,18D. The number of rotatable bonds is 6. The van der Waals surface area contributed by atoms with Crippen molar-refractivity contribution in [1.29, 1.82) is 0 Å². The summed E-state index contributed by atoms with van der Waals surface area (Å²) >= 11 is 0. The molecule has 1 aromatic rings. The van der Waals surface area contributed by atoms with Crippen molar-refractivity contribution in [2.75, 3.05) is 7.05 Å². The number of aliphatic hydroxyl groups excluding tert-OH is 1. The van der Waals surface area contributed by atoms with Gasteiger partial charge < -0.3 is 15.3 Å². The summed E-state index contributed by atoms with van der Waals surface area (Å²) in [7, 11) is 1.22. The molecule has 148 valence electrons. The van der Waals surface area contributed by atoms with Crippen LogP contribution in [0.1, 0.15) is 56.7 Å². The number of Topliss-reactive ketones (excluding diaryl/α,β-unsaturated/α-hetero) is 1. The lowest BCUT2D eigenvalue weighted by Crippen LogP contribution is -2.44. The van der Waals surface area contributed by atoms with Crippen molar-refractivity contribution in [3.63, 3.8) is 0 Å². The molecule has 0 aliphatic carbocycles. The highest BCUT2D eigenvalue weighted by Crippen LogP contribution is 2.27. The van der Waals surface area contributed by atoms with Gasteiger partial charge in [0.1, 0.15) is 12.1 Å². The molecular weight excluding hydrogens is 344 g/mol. The van der Waals surface area contributed by atoms with Crippen LogP contribution in [0, 0.1) is 11.8 Å². The number of hydrogen-bond donors (Lipinski definition) is 2. The molecule has 27 heavy (non-hydrogen) atoms. The fourth-order valence-electron chi connectivity index (χ4n) is 2.78. The van der Waals surface area contributed by atoms with Gasteiger partial charge in [-0.3, -0.25) is 14.4 Å². The number of likely N-dealkylation sites (N-methyl/N-ethyl adjacent to an activating group) is 1. The molecule has 0 saturated heterocycles. The van der Waals surface area contributed by atoms with E-state index in [1.54, 1.807) is 19.9 Å². The topological polar surface area (TPSA) is 86.7 Å². The quantitative estimate of drug-likeness (QED) is 0.791. The van der Waals surface area contributed by atoms with Gasteiger partial charge in [0.25, 0.3) is 0 Å². The number of nitrogens with zero attached hydrogens (tertiary/aromatic N) is 1. The first-order valence-corrected chi connectivity index (χ1v) is 9.00. The summed E-state index contributed by atoms with van der Waals surface area (Å²) in [5.41, 5.74) is -0.110. The van der Waals surface area contributed by atoms with Crippen LogP contribution >= 0.6 is 0 Å². The van der Waals surface area contributed by atoms with Crippen LogP contribution in [-0.4, -0.2) is 46.8 Å². The van der Waals surface area contributed by atoms with Gasteiger partial charge in [-0.25, -0.2) is 0 Å². The van der Waals surface area contributed by atoms with Crippen molar-refractivity contribution in [3.8, 4) is 0 Å². The molecule has 6 heteroatoms. The normalized spacial score (nSPS) is 31.5. The van der Waals surface area contributed by atoms with Crippen molar-refractivity contribution in [1.82, 2.24) is 10.2 Å². The summed E-state index contributed by atoms with van der Waals surface area (Å²) in [6, 6.07) is 1.41. The first-order valence-electron chi connectivity index (χ1n) is 11.0. The fraction of sp³-hybridized carbons (Fsp3) is 0.571. The Labute approximate surface area is 166 Å². The Hall–Kier alpha value is -2.21. The molecule has 6 nitrogen and oxygen atoms in total. The summed E-state index contributed by atoms with van der Waals surface area (Å²) in [6.07, 6.45) is -3.82. The predicted molar refractivity (Wildman–Crippen MR) is 103 cm³/mol. The van der Waals surface area contributed by atoms with Gasteiger partial charge in [-0.2, -0.15) is 0 Å². The number of nitrogens with one attached hydrogen (secondary N) is 1. The van der Waals surface area contributed by atoms with Gasteiger partial charge in [0.15, 0.2) is 5.78 Å². The maximum absolute atomic E-state index is 13.2. The number of amides is 2. The zero-order valence-corrected chi connectivity index (χ0v) is 16.4. The Balaban J connectivity index is 2.46. The van der Waals surface area contributed by atoms with Gasteiger partial charge in [-0.1, -0.05) is 45.0 Å². The van der Waals surface area contributed by atoms with Gasteiger partial charge in [-0.15, -0.1) is 0 Å². The Morgan fingerprint density at radius 3 is 2.63 bits per heavy atom. The van der Waals surface area contributed by atoms with Gasteiger partial charge in [0.2, 0.25) is 11.8 Å². The number of benzene rings is 1. The number of ketones is 1. The fourth-order valence-corrected chi connectivity index (χ4v) is 2.78. The molecule has 2 rings (SSSR count). The van der Waals surface area contributed by atoms with E-state index >= 15 is 0 Å². The van der Waals surface area contributed by atoms with E-state index in [0.29, 0.717) is 0 Å². The molecular formula is C21H30N2O4. The predicted octanol–water partition coefficient (Wildman–Crippen LogP) is 1.86. The van der Waals surface area contributed by atoms with Gasteiger partial charge in [0.05, 0.1) is 2.74 Å². The number of hydrogen-bond acceptors (Lipinski definition) is 4. The molecule has 2 amide bonds. The maximum Gasteiger partial charge on any atom is 0.249 e. The van der Waals surface area contributed by atoms with Crippen molar-refractivity contribution >= 4 is 17.6 Å². The van der Waals surface area contributed by atoms with Crippen LogP contribution in [0.25, 0.3) is 0 Å². The van der Waals surface area contributed by atoms with Crippen LogP contribution in [0.3, 0.4) is 0 Å². The van der Waals surface area contributed by atoms with Crippen molar-refractivity contribution in [2.45, 2.75) is 58.6 Å². The lowest BCUT2D eigenvalue weighted by Gasteiger charge is -2.26. The van der Waals surface area contributed by atoms with Crippen LogP contribution in [0.15, 0.2) is 24.3 Å². The third kappa shape index (κ3) is 4.75. The van der Waals surface area contributed by atoms with E-state index in [4.69, 9.17) is 5.48 Å². The second-order valence-corrected chi connectivity index (χ2v) is 7.24. The van der Waals surface area contributed by atoms with E-state index in [2.05, 4.69) is 5.32 Å². The molecule has 1 aromatic carbocycles. The van der Waals surface area contributed by atoms with Crippen molar-refractivity contribution < 1.29 is 25.0 Å². The second kappa shape index (κ2) is 8.65. The molecule has 1 aliphatic rings. The molecule has 0 spiro atoms. The number of fused-ring (bicyclic) bond motifs is 1. The van der Waals surface area contributed by atoms with Crippen molar-refractivity contribution in [2.24, 2.45) is 11.8 Å². The number of aliphatic hydroxyl groups is 1. The summed E-state index contributed by atoms with van der Waals surface area (Å²) in [5.74, 6) is -3.49. The zero-order valence-electron chi connectivity index (χ0n) is 20.4. The van der Waals surface area contributed by atoms with E-state index in [-0.39, 0.29) is 23.5 Å². The SMILES string of the molecule is [2H]C1([2H])c2ccccc2[C@]([2H])(NC(=O)[C@H](C)CC(=O)[C@@H](O)C(C)C)C(=O)N(C)C1([2H])C. The van der Waals surface area contributed by atoms with Gasteiger partial charge in [0, 0.05) is 28.1 Å². The highest BCUT2D eigenvalue weighted by Gasteiger charge is 2.34. The first-order chi connectivity index (χ1) is 14.1. The minimum Gasteiger partial charge on any atom is -0.385 e. The third-order valence-electron chi connectivity index (χ3n) is 4.70. The molecule has 0 aromatic heterocycles. The minimum absolute atomic E-state index is 0.0422. The Morgan fingerprint density at radius 2 is 2.00 bits per heavy atom. The highest BCUT2D eigenvalue weighted by atomic mass is 16.3. The largest absolute Gasteiger partial charge is 0.385 e. The number of carbonyl (C=O) groups excluding carboxylic acids is 3. The van der Waals surface area contributed by atoms with E-state index in [1.807, 2.05) is 0 Å². The smallest absolute Gasteiger partial charge is 0.249 e. The van der Waals surface area contributed by atoms with E-state index in [1.165, 1.54) is 39.1 Å². The lowest BCUT2D eigenvalue weighted by molar-refractivity contribution is -0.138. The van der Waals surface area contributed by atoms with Crippen LogP contribution in [0.4, 0.5) is 0 Å². The molecule has 1 heterocycles. The first kappa shape index (κ1) is 15.8. The summed E-state index contributed by atoms with van der Waals surface area (Å²) in [4.78, 5) is 39.1. The van der Waals surface area contributed by atoms with Crippen LogP contribution < -0.4 is 5.32 Å². The Morgan fingerprint density at radius 1 is 1.37 bits per heavy atom. The maximum atomic E-state index is 13.2. The third-order valence-corrected chi connectivity index (χ3v) is 4.70. The number of carbonyl (C=O) groups is 3. The summed E-state index contributed by atoms with van der Waals surface area (Å²) in [5, 5.41) is 12.3. The van der Waals surface area contributed by atoms with Crippen molar-refractivity contribution in [3.05, 3.63) is 35.4 Å². The monoisotopic (exact) mass is 378 g/mol.